The Morgan fingerprint density at radius 2 is 1.82 bits per heavy atom. The summed E-state index contributed by atoms with van der Waals surface area (Å²) < 4.78 is 41.4. The second-order valence-corrected chi connectivity index (χ2v) is 10.3. The molecule has 1 amide bonds. The van der Waals surface area contributed by atoms with Gasteiger partial charge in [-0.25, -0.2) is 4.39 Å². The summed E-state index contributed by atoms with van der Waals surface area (Å²) in [7, 11) is -0.408. The molecule has 1 aromatic carbocycles. The van der Waals surface area contributed by atoms with Crippen LogP contribution in [0.1, 0.15) is 44.1 Å². The highest BCUT2D eigenvalue weighted by atomic mass is 32.2. The zero-order valence-corrected chi connectivity index (χ0v) is 17.5. The highest BCUT2D eigenvalue weighted by Crippen LogP contribution is 2.41. The summed E-state index contributed by atoms with van der Waals surface area (Å²) in [5.41, 5.74) is 0.357. The number of hydrogen-bond donors (Lipinski definition) is 1. The van der Waals surface area contributed by atoms with Gasteiger partial charge in [0.1, 0.15) is 5.82 Å². The van der Waals surface area contributed by atoms with E-state index in [-0.39, 0.29) is 23.1 Å². The molecule has 0 radical (unpaired) electrons. The lowest BCUT2D eigenvalue weighted by atomic mass is 9.78. The molecule has 1 heterocycles. The summed E-state index contributed by atoms with van der Waals surface area (Å²) >= 11 is 0. The molecule has 8 heteroatoms. The van der Waals surface area contributed by atoms with E-state index in [1.54, 1.807) is 6.07 Å². The third kappa shape index (κ3) is 4.23. The molecule has 0 atom stereocenters. The van der Waals surface area contributed by atoms with Crippen LogP contribution in [0.5, 0.6) is 0 Å². The van der Waals surface area contributed by atoms with Gasteiger partial charge < -0.3 is 5.32 Å². The van der Waals surface area contributed by atoms with E-state index in [1.807, 2.05) is 12.1 Å². The number of nitrogens with zero attached hydrogens (tertiary/aromatic N) is 2. The Morgan fingerprint density at radius 3 is 2.39 bits per heavy atom. The number of carbonyl (C=O) groups is 1. The van der Waals surface area contributed by atoms with Crippen molar-refractivity contribution in [2.45, 2.75) is 43.9 Å². The predicted molar refractivity (Wildman–Crippen MR) is 106 cm³/mol. The molecule has 1 aliphatic heterocycles. The molecule has 0 spiro atoms. The molecular formula is C20H30FN3O3S. The van der Waals surface area contributed by atoms with Crippen LogP contribution in [0.25, 0.3) is 0 Å². The van der Waals surface area contributed by atoms with Gasteiger partial charge in [0.05, 0.1) is 0 Å². The summed E-state index contributed by atoms with van der Waals surface area (Å²) in [4.78, 5) is 12.7. The van der Waals surface area contributed by atoms with E-state index in [0.29, 0.717) is 38.0 Å². The van der Waals surface area contributed by atoms with Gasteiger partial charge >= 0.3 is 0 Å². The fourth-order valence-corrected chi connectivity index (χ4v) is 5.60. The van der Waals surface area contributed by atoms with E-state index in [4.69, 9.17) is 0 Å². The van der Waals surface area contributed by atoms with E-state index >= 15 is 0 Å². The van der Waals surface area contributed by atoms with E-state index in [9.17, 15) is 17.6 Å². The quantitative estimate of drug-likeness (QED) is 0.781. The maximum Gasteiger partial charge on any atom is 0.281 e. The number of carbonyl (C=O) groups excluding carboxylic acids is 1. The molecular weight excluding hydrogens is 381 g/mol. The third-order valence-electron chi connectivity index (χ3n) is 6.22. The second-order valence-electron chi connectivity index (χ2n) is 8.15. The minimum Gasteiger partial charge on any atom is -0.355 e. The lowest BCUT2D eigenvalue weighted by Gasteiger charge is -2.34. The third-order valence-corrected chi connectivity index (χ3v) is 8.16. The summed E-state index contributed by atoms with van der Waals surface area (Å²) in [5.74, 6) is -0.460. The normalized spacial score (nSPS) is 21.1. The fourth-order valence-electron chi connectivity index (χ4n) is 4.46. The molecule has 0 unspecified atom stereocenters. The number of piperidine rings is 1. The average molecular weight is 412 g/mol. The summed E-state index contributed by atoms with van der Waals surface area (Å²) in [5, 5.41) is 3.05. The number of benzene rings is 1. The first kappa shape index (κ1) is 21.2. The highest BCUT2D eigenvalue weighted by molar-refractivity contribution is 7.86. The van der Waals surface area contributed by atoms with Crippen molar-refractivity contribution in [3.05, 3.63) is 35.6 Å². The Kier molecular flexibility index (Phi) is 6.41. The standard InChI is InChI=1S/C20H30FN3O3S/c1-23(2)28(26,27)24-13-9-16(10-14-24)19(25)22-15-20(11-5-6-12-20)17-7-3-4-8-18(17)21/h3-4,7-8,16H,5-6,9-15H2,1-2H3,(H,22,25). The summed E-state index contributed by atoms with van der Waals surface area (Å²) in [6, 6.07) is 6.85. The lowest BCUT2D eigenvalue weighted by molar-refractivity contribution is -0.126. The van der Waals surface area contributed by atoms with Crippen LogP contribution in [-0.4, -0.2) is 56.7 Å². The largest absolute Gasteiger partial charge is 0.355 e. The van der Waals surface area contributed by atoms with Gasteiger partial charge in [0, 0.05) is 45.1 Å². The summed E-state index contributed by atoms with van der Waals surface area (Å²) in [6.07, 6.45) is 4.81. The second kappa shape index (κ2) is 8.47. The lowest BCUT2D eigenvalue weighted by Crippen LogP contribution is -2.48. The van der Waals surface area contributed by atoms with Crippen LogP contribution in [0.15, 0.2) is 24.3 Å². The van der Waals surface area contributed by atoms with Crippen molar-refractivity contribution in [3.63, 3.8) is 0 Å². The van der Waals surface area contributed by atoms with Gasteiger partial charge in [-0.05, 0) is 37.3 Å². The minimum atomic E-state index is -3.43. The monoisotopic (exact) mass is 411 g/mol. The molecule has 6 nitrogen and oxygen atoms in total. The van der Waals surface area contributed by atoms with E-state index in [2.05, 4.69) is 5.32 Å². The van der Waals surface area contributed by atoms with Crippen LogP contribution in [0.4, 0.5) is 4.39 Å². The van der Waals surface area contributed by atoms with Crippen LogP contribution >= 0.6 is 0 Å². The van der Waals surface area contributed by atoms with Gasteiger partial charge in [-0.1, -0.05) is 31.0 Å². The maximum absolute atomic E-state index is 14.4. The van der Waals surface area contributed by atoms with Gasteiger partial charge in [0.25, 0.3) is 10.2 Å². The van der Waals surface area contributed by atoms with Gasteiger partial charge in [-0.15, -0.1) is 0 Å². The van der Waals surface area contributed by atoms with E-state index in [1.165, 1.54) is 28.8 Å². The molecule has 1 aromatic rings. The van der Waals surface area contributed by atoms with Gasteiger partial charge in [0.2, 0.25) is 5.91 Å². The van der Waals surface area contributed by atoms with Crippen molar-refractivity contribution < 1.29 is 17.6 Å². The Morgan fingerprint density at radius 1 is 1.21 bits per heavy atom. The van der Waals surface area contributed by atoms with E-state index < -0.39 is 10.2 Å². The van der Waals surface area contributed by atoms with Gasteiger partial charge in [0.15, 0.2) is 0 Å². The zero-order valence-electron chi connectivity index (χ0n) is 16.7. The first-order chi connectivity index (χ1) is 13.3. The SMILES string of the molecule is CN(C)S(=O)(=O)N1CCC(C(=O)NCC2(c3ccccc3F)CCCC2)CC1. The minimum absolute atomic E-state index is 0.0514. The average Bonchev–Trinajstić information content (AvgIpc) is 3.16. The number of rotatable bonds is 6. The van der Waals surface area contributed by atoms with Gasteiger partial charge in [-0.3, -0.25) is 4.79 Å². The number of hydrogen-bond acceptors (Lipinski definition) is 3. The predicted octanol–water partition coefficient (Wildman–Crippen LogP) is 2.27. The van der Waals surface area contributed by atoms with Crippen molar-refractivity contribution in [2.75, 3.05) is 33.7 Å². The highest BCUT2D eigenvalue weighted by Gasteiger charge is 2.39. The molecule has 0 aromatic heterocycles. The molecule has 1 N–H and O–H groups in total. The van der Waals surface area contributed by atoms with Crippen molar-refractivity contribution in [2.24, 2.45) is 5.92 Å². The number of halogens is 1. The molecule has 2 fully saturated rings. The van der Waals surface area contributed by atoms with E-state index in [0.717, 1.165) is 25.7 Å². The Bertz CT molecular complexity index is 799. The van der Waals surface area contributed by atoms with Crippen LogP contribution in [-0.2, 0) is 20.4 Å². The molecule has 1 aliphatic carbocycles. The zero-order chi connectivity index (χ0) is 20.4. The Hall–Kier alpha value is -1.51. The van der Waals surface area contributed by atoms with Crippen molar-refractivity contribution in [1.29, 1.82) is 0 Å². The van der Waals surface area contributed by atoms with Crippen molar-refractivity contribution in [3.8, 4) is 0 Å². The first-order valence-corrected chi connectivity index (χ1v) is 11.4. The first-order valence-electron chi connectivity index (χ1n) is 9.97. The number of nitrogens with one attached hydrogen (secondary N) is 1. The van der Waals surface area contributed by atoms with Crippen LogP contribution in [0.3, 0.4) is 0 Å². The molecule has 3 rings (SSSR count). The molecule has 28 heavy (non-hydrogen) atoms. The topological polar surface area (TPSA) is 69.7 Å². The van der Waals surface area contributed by atoms with Crippen LogP contribution in [0, 0.1) is 11.7 Å². The fraction of sp³-hybridized carbons (Fsp3) is 0.650. The molecule has 1 saturated heterocycles. The number of amides is 1. The summed E-state index contributed by atoms with van der Waals surface area (Å²) in [6.45, 7) is 1.12. The molecule has 1 saturated carbocycles. The van der Waals surface area contributed by atoms with Crippen LogP contribution < -0.4 is 5.32 Å². The molecule has 156 valence electrons. The maximum atomic E-state index is 14.4. The Balaban J connectivity index is 1.60. The van der Waals surface area contributed by atoms with Gasteiger partial charge in [-0.2, -0.15) is 17.0 Å². The molecule has 0 bridgehead atoms. The van der Waals surface area contributed by atoms with Crippen molar-refractivity contribution in [1.82, 2.24) is 13.9 Å². The van der Waals surface area contributed by atoms with Crippen LogP contribution in [0.2, 0.25) is 0 Å². The smallest absolute Gasteiger partial charge is 0.281 e. The Labute approximate surface area is 167 Å². The molecule has 2 aliphatic rings. The van der Waals surface area contributed by atoms with Crippen molar-refractivity contribution >= 4 is 16.1 Å².